The van der Waals surface area contributed by atoms with E-state index in [0.717, 1.165) is 24.0 Å². The molecule has 0 fully saturated rings. The Kier molecular flexibility index (Phi) is 12.6. The summed E-state index contributed by atoms with van der Waals surface area (Å²) in [5, 5.41) is 0. The Morgan fingerprint density at radius 1 is 1.11 bits per heavy atom. The number of hydrogen-bond acceptors (Lipinski definition) is 2. The first kappa shape index (κ1) is 25.9. The van der Waals surface area contributed by atoms with Gasteiger partial charge >= 0.3 is 0 Å². The Balaban J connectivity index is 5.11. The van der Waals surface area contributed by atoms with Crippen molar-refractivity contribution in [2.24, 2.45) is 5.92 Å². The van der Waals surface area contributed by atoms with Gasteiger partial charge in [0, 0.05) is 0 Å². The van der Waals surface area contributed by atoms with Gasteiger partial charge in [-0.2, -0.15) is 0 Å². The summed E-state index contributed by atoms with van der Waals surface area (Å²) in [7, 11) is -1.62. The smallest absolute Gasteiger partial charge is 0.192 e. The molecule has 0 aliphatic heterocycles. The summed E-state index contributed by atoms with van der Waals surface area (Å²) in [6.07, 6.45) is 9.56. The third-order valence-electron chi connectivity index (χ3n) is 5.57. The summed E-state index contributed by atoms with van der Waals surface area (Å²) >= 11 is 0. The van der Waals surface area contributed by atoms with Crippen molar-refractivity contribution in [3.8, 4) is 12.3 Å². The molecule has 3 atom stereocenters. The molecule has 0 amide bonds. The topological polar surface area (TPSA) is 18.5 Å². The van der Waals surface area contributed by atoms with Gasteiger partial charge in [-0.05, 0) is 56.3 Å². The highest BCUT2D eigenvalue weighted by Crippen LogP contribution is 2.28. The van der Waals surface area contributed by atoms with Gasteiger partial charge in [-0.25, -0.2) is 0 Å². The Morgan fingerprint density at radius 2 is 1.67 bits per heavy atom. The van der Waals surface area contributed by atoms with Crippen LogP contribution in [0.4, 0.5) is 0 Å². The van der Waals surface area contributed by atoms with Crippen LogP contribution in [0.2, 0.25) is 18.1 Å². The summed E-state index contributed by atoms with van der Waals surface area (Å²) in [4.78, 5) is 0. The van der Waals surface area contributed by atoms with E-state index < -0.39 is 8.32 Å². The predicted octanol–water partition coefficient (Wildman–Crippen LogP) is 6.91. The molecule has 2 nitrogen and oxygen atoms in total. The highest BCUT2D eigenvalue weighted by Gasteiger charge is 2.32. The van der Waals surface area contributed by atoms with Gasteiger partial charge in [0.25, 0.3) is 0 Å². The van der Waals surface area contributed by atoms with E-state index in [0.29, 0.717) is 6.61 Å². The Morgan fingerprint density at radius 3 is 2.07 bits per heavy atom. The Bertz CT molecular complexity index is 529. The van der Waals surface area contributed by atoms with Gasteiger partial charge in [0.1, 0.15) is 6.61 Å². The normalized spacial score (nSPS) is 15.7. The van der Waals surface area contributed by atoms with Crippen LogP contribution in [0.5, 0.6) is 0 Å². The molecule has 0 saturated carbocycles. The molecule has 0 saturated heterocycles. The monoisotopic (exact) mass is 390 g/mol. The lowest BCUT2D eigenvalue weighted by Crippen LogP contribution is -2.40. The lowest BCUT2D eigenvalue weighted by atomic mass is 9.91. The molecule has 0 aliphatic carbocycles. The molecule has 0 spiro atoms. The van der Waals surface area contributed by atoms with Gasteiger partial charge in [0.05, 0.1) is 12.2 Å². The summed E-state index contributed by atoms with van der Waals surface area (Å²) < 4.78 is 12.5. The van der Waals surface area contributed by atoms with Crippen LogP contribution in [0.25, 0.3) is 0 Å². The fourth-order valence-corrected chi connectivity index (χ4v) is 6.68. The summed E-state index contributed by atoms with van der Waals surface area (Å²) in [5.41, 5.74) is 3.39. The molecular formula is C24H42O2Si. The molecule has 0 aromatic carbocycles. The molecule has 3 heteroatoms. The van der Waals surface area contributed by atoms with Crippen LogP contribution in [0.15, 0.2) is 36.0 Å². The van der Waals surface area contributed by atoms with E-state index >= 15 is 0 Å². The molecule has 0 N–H and O–H groups in total. The SMILES string of the molecule is C#CCOC(C(=C)C)[C@@H](C)CC(=C)/C=C(\C)[C@H](CC)O[Si](CC)(CC)CC. The molecule has 0 aliphatic rings. The van der Waals surface area contributed by atoms with Crippen molar-refractivity contribution in [3.63, 3.8) is 0 Å². The van der Waals surface area contributed by atoms with Gasteiger partial charge in [-0.3, -0.25) is 0 Å². The maximum atomic E-state index is 6.71. The van der Waals surface area contributed by atoms with E-state index in [1.54, 1.807) is 0 Å². The highest BCUT2D eigenvalue weighted by atomic mass is 28.4. The number of ether oxygens (including phenoxy) is 1. The lowest BCUT2D eigenvalue weighted by molar-refractivity contribution is 0.0654. The summed E-state index contributed by atoms with van der Waals surface area (Å²) in [5.74, 6) is 2.83. The van der Waals surface area contributed by atoms with E-state index in [1.165, 1.54) is 23.7 Å². The minimum Gasteiger partial charge on any atom is -0.410 e. The molecule has 0 aromatic heterocycles. The fraction of sp³-hybridized carbons (Fsp3) is 0.667. The van der Waals surface area contributed by atoms with Gasteiger partial charge < -0.3 is 9.16 Å². The second-order valence-electron chi connectivity index (χ2n) is 7.77. The van der Waals surface area contributed by atoms with Crippen LogP contribution in [-0.2, 0) is 9.16 Å². The largest absolute Gasteiger partial charge is 0.410 e. The minimum absolute atomic E-state index is 0.0370. The number of hydrogen-bond donors (Lipinski definition) is 0. The third-order valence-corrected chi connectivity index (χ3v) is 10.2. The van der Waals surface area contributed by atoms with E-state index in [9.17, 15) is 0 Å². The van der Waals surface area contributed by atoms with Crippen LogP contribution in [0, 0.1) is 18.3 Å². The maximum absolute atomic E-state index is 6.71. The van der Waals surface area contributed by atoms with Gasteiger partial charge in [0.2, 0.25) is 0 Å². The van der Waals surface area contributed by atoms with Crippen molar-refractivity contribution in [2.75, 3.05) is 6.61 Å². The Labute approximate surface area is 170 Å². The zero-order chi connectivity index (χ0) is 21.0. The summed E-state index contributed by atoms with van der Waals surface area (Å²) in [6, 6.07) is 3.53. The number of terminal acetylenes is 1. The summed E-state index contributed by atoms with van der Waals surface area (Å²) in [6.45, 7) is 24.0. The van der Waals surface area contributed by atoms with Crippen molar-refractivity contribution in [3.05, 3.63) is 36.0 Å². The predicted molar refractivity (Wildman–Crippen MR) is 122 cm³/mol. The molecule has 27 heavy (non-hydrogen) atoms. The average Bonchev–Trinajstić information content (AvgIpc) is 2.63. The van der Waals surface area contributed by atoms with Gasteiger partial charge in [0.15, 0.2) is 8.32 Å². The first-order valence-electron chi connectivity index (χ1n) is 10.4. The minimum atomic E-state index is -1.62. The third kappa shape index (κ3) is 8.64. The molecule has 154 valence electrons. The second kappa shape index (κ2) is 13.2. The van der Waals surface area contributed by atoms with E-state index in [2.05, 4.69) is 66.7 Å². The average molecular weight is 391 g/mol. The Hall–Kier alpha value is -1.08. The maximum Gasteiger partial charge on any atom is 0.192 e. The molecule has 1 unspecified atom stereocenters. The van der Waals surface area contributed by atoms with Crippen LogP contribution in [0.3, 0.4) is 0 Å². The van der Waals surface area contributed by atoms with Crippen molar-refractivity contribution < 1.29 is 9.16 Å². The van der Waals surface area contributed by atoms with Crippen LogP contribution >= 0.6 is 0 Å². The number of rotatable bonds is 14. The highest BCUT2D eigenvalue weighted by molar-refractivity contribution is 6.73. The van der Waals surface area contributed by atoms with Crippen molar-refractivity contribution in [2.45, 2.75) is 91.6 Å². The lowest BCUT2D eigenvalue weighted by Gasteiger charge is -2.33. The van der Waals surface area contributed by atoms with Gasteiger partial charge in [-0.15, -0.1) is 6.42 Å². The van der Waals surface area contributed by atoms with E-state index in [-0.39, 0.29) is 18.1 Å². The van der Waals surface area contributed by atoms with Gasteiger partial charge in [-0.1, -0.05) is 70.9 Å². The second-order valence-corrected chi connectivity index (χ2v) is 12.5. The zero-order valence-corrected chi connectivity index (χ0v) is 19.9. The first-order chi connectivity index (χ1) is 12.7. The standard InChI is InChI=1S/C24H42O2Si/c1-11-16-25-24(19(6)7)22(10)18-20(8)17-21(9)23(12-2)26-27(13-3,14-4)15-5/h1,17,22-24H,6,8,12-16,18H2,2-5,7,9-10H3/b21-17+/t22-,23-,24?/m0/s1. The molecule has 0 bridgehead atoms. The molecule has 0 aromatic rings. The first-order valence-corrected chi connectivity index (χ1v) is 13.0. The van der Waals surface area contributed by atoms with Crippen molar-refractivity contribution in [1.29, 1.82) is 0 Å². The van der Waals surface area contributed by atoms with Crippen LogP contribution < -0.4 is 0 Å². The van der Waals surface area contributed by atoms with Crippen molar-refractivity contribution in [1.82, 2.24) is 0 Å². The van der Waals surface area contributed by atoms with E-state index in [4.69, 9.17) is 15.6 Å². The quantitative estimate of drug-likeness (QED) is 0.139. The molecule has 0 radical (unpaired) electrons. The molecule has 0 heterocycles. The fourth-order valence-electron chi connectivity index (χ4n) is 3.72. The number of allylic oxidation sites excluding steroid dienone is 2. The zero-order valence-electron chi connectivity index (χ0n) is 18.9. The molecule has 0 rings (SSSR count). The molecular weight excluding hydrogens is 348 g/mol. The van der Waals surface area contributed by atoms with Crippen molar-refractivity contribution >= 4 is 8.32 Å². The van der Waals surface area contributed by atoms with Crippen LogP contribution in [-0.4, -0.2) is 27.1 Å². The van der Waals surface area contributed by atoms with Crippen LogP contribution in [0.1, 0.15) is 61.3 Å². The van der Waals surface area contributed by atoms with E-state index in [1.807, 2.05) is 6.92 Å².